The maximum Gasteiger partial charge on any atom is 0.291 e. The largest absolute Gasteiger partial charge is 0.456 e. The first-order chi connectivity index (χ1) is 10.3. The second-order valence-corrected chi connectivity index (χ2v) is 6.23. The fourth-order valence-corrected chi connectivity index (χ4v) is 2.71. The van der Waals surface area contributed by atoms with E-state index >= 15 is 0 Å². The van der Waals surface area contributed by atoms with Gasteiger partial charge in [0.05, 0.1) is 4.90 Å². The molecule has 0 aliphatic heterocycles. The summed E-state index contributed by atoms with van der Waals surface area (Å²) in [7, 11) is -3.88. The van der Waals surface area contributed by atoms with E-state index < -0.39 is 21.8 Å². The Balaban J connectivity index is 2.12. The van der Waals surface area contributed by atoms with Crippen LogP contribution < -0.4 is 10.0 Å². The van der Waals surface area contributed by atoms with Gasteiger partial charge in [0.15, 0.2) is 5.76 Å². The molecule has 0 saturated heterocycles. The lowest BCUT2D eigenvalue weighted by Crippen LogP contribution is -2.28. The lowest BCUT2D eigenvalue weighted by atomic mass is 10.3. The van der Waals surface area contributed by atoms with Crippen molar-refractivity contribution in [1.82, 2.24) is 4.72 Å². The molecule has 0 unspecified atom stereocenters. The molecular weight excluding hydrogens is 308 g/mol. The molecule has 2 rings (SSSR count). The first-order valence-corrected chi connectivity index (χ1v) is 7.77. The summed E-state index contributed by atoms with van der Waals surface area (Å²) in [6, 6.07) is 8.62. The first kappa shape index (κ1) is 15.8. The minimum Gasteiger partial charge on any atom is -0.456 e. The van der Waals surface area contributed by atoms with Gasteiger partial charge in [0.25, 0.3) is 15.9 Å². The van der Waals surface area contributed by atoms with E-state index in [9.17, 15) is 18.0 Å². The Labute approximate surface area is 127 Å². The summed E-state index contributed by atoms with van der Waals surface area (Å²) >= 11 is 0. The second-order valence-electron chi connectivity index (χ2n) is 4.55. The van der Waals surface area contributed by atoms with Crippen molar-refractivity contribution >= 4 is 27.5 Å². The van der Waals surface area contributed by atoms with Gasteiger partial charge in [0.2, 0.25) is 5.91 Å². The van der Waals surface area contributed by atoms with Gasteiger partial charge in [-0.2, -0.15) is 0 Å². The van der Waals surface area contributed by atoms with Crippen molar-refractivity contribution < 1.29 is 22.4 Å². The predicted octanol–water partition coefficient (Wildman–Crippen LogP) is 1.67. The molecule has 0 aliphatic carbocycles. The summed E-state index contributed by atoms with van der Waals surface area (Å²) in [4.78, 5) is 22.6. The third kappa shape index (κ3) is 3.73. The van der Waals surface area contributed by atoms with Gasteiger partial charge in [-0.1, -0.05) is 0 Å². The van der Waals surface area contributed by atoms with Crippen LogP contribution in [-0.4, -0.2) is 20.2 Å². The molecule has 116 valence electrons. The van der Waals surface area contributed by atoms with Gasteiger partial charge in [-0.25, -0.2) is 13.1 Å². The highest BCUT2D eigenvalue weighted by Gasteiger charge is 2.16. The molecule has 0 fully saturated rings. The van der Waals surface area contributed by atoms with Crippen molar-refractivity contribution in [2.24, 2.45) is 0 Å². The van der Waals surface area contributed by atoms with E-state index in [0.717, 1.165) is 6.92 Å². The monoisotopic (exact) mass is 322 g/mol. The van der Waals surface area contributed by atoms with Gasteiger partial charge >= 0.3 is 0 Å². The summed E-state index contributed by atoms with van der Waals surface area (Å²) in [5, 5.41) is 2.58. The number of anilines is 1. The molecule has 0 spiro atoms. The number of carbonyl (C=O) groups excluding carboxylic acids is 2. The number of carbonyl (C=O) groups is 2. The Morgan fingerprint density at radius 1 is 1.05 bits per heavy atom. The molecular formula is C14H14N2O5S. The van der Waals surface area contributed by atoms with Crippen molar-refractivity contribution in [2.45, 2.75) is 18.7 Å². The van der Waals surface area contributed by atoms with Crippen LogP contribution >= 0.6 is 0 Å². The van der Waals surface area contributed by atoms with E-state index in [0.29, 0.717) is 11.4 Å². The van der Waals surface area contributed by atoms with Crippen LogP contribution in [0.5, 0.6) is 0 Å². The number of rotatable bonds is 4. The normalized spacial score (nSPS) is 11.0. The van der Waals surface area contributed by atoms with Crippen molar-refractivity contribution in [2.75, 3.05) is 5.32 Å². The number of nitrogens with one attached hydrogen (secondary N) is 2. The van der Waals surface area contributed by atoms with Crippen molar-refractivity contribution in [1.29, 1.82) is 0 Å². The van der Waals surface area contributed by atoms with E-state index in [1.807, 2.05) is 4.72 Å². The highest BCUT2D eigenvalue weighted by Crippen LogP contribution is 2.15. The van der Waals surface area contributed by atoms with Gasteiger partial charge in [-0.15, -0.1) is 0 Å². The molecule has 1 aromatic carbocycles. The quantitative estimate of drug-likeness (QED) is 0.890. The molecule has 2 amide bonds. The predicted molar refractivity (Wildman–Crippen MR) is 78.8 cm³/mol. The topological polar surface area (TPSA) is 105 Å². The smallest absolute Gasteiger partial charge is 0.291 e. The number of hydrogen-bond acceptors (Lipinski definition) is 5. The van der Waals surface area contributed by atoms with Gasteiger partial charge < -0.3 is 9.73 Å². The molecule has 7 nitrogen and oxygen atoms in total. The second kappa shape index (κ2) is 6.02. The fraction of sp³-hybridized carbons (Fsp3) is 0.143. The zero-order valence-electron chi connectivity index (χ0n) is 11.9. The van der Waals surface area contributed by atoms with Crippen LogP contribution in [0, 0.1) is 6.92 Å². The van der Waals surface area contributed by atoms with E-state index in [-0.39, 0.29) is 10.7 Å². The molecule has 1 heterocycles. The molecule has 2 N–H and O–H groups in total. The Hall–Kier alpha value is -2.61. The van der Waals surface area contributed by atoms with Crippen LogP contribution in [0.15, 0.2) is 45.7 Å². The van der Waals surface area contributed by atoms with E-state index in [1.165, 1.54) is 24.3 Å². The summed E-state index contributed by atoms with van der Waals surface area (Å²) in [6.45, 7) is 2.83. The Morgan fingerprint density at radius 2 is 1.68 bits per heavy atom. The minimum atomic E-state index is -3.88. The summed E-state index contributed by atoms with van der Waals surface area (Å²) in [6.07, 6.45) is 0. The van der Waals surface area contributed by atoms with Crippen LogP contribution in [0.3, 0.4) is 0 Å². The molecule has 0 atom stereocenters. The minimum absolute atomic E-state index is 0.0745. The average Bonchev–Trinajstić information content (AvgIpc) is 2.85. The maximum absolute atomic E-state index is 11.9. The molecule has 0 bridgehead atoms. The Bertz CT molecular complexity index is 806. The molecule has 2 aromatic rings. The van der Waals surface area contributed by atoms with Crippen molar-refractivity contribution in [3.63, 3.8) is 0 Å². The summed E-state index contributed by atoms with van der Waals surface area (Å²) in [5.41, 5.74) is 0.404. The van der Waals surface area contributed by atoms with E-state index in [1.54, 1.807) is 19.1 Å². The number of furan rings is 1. The van der Waals surface area contributed by atoms with Crippen LogP contribution in [-0.2, 0) is 14.8 Å². The summed E-state index contributed by atoms with van der Waals surface area (Å²) in [5.74, 6) is -0.342. The third-order valence-electron chi connectivity index (χ3n) is 2.66. The maximum atomic E-state index is 11.9. The standard InChI is InChI=1S/C14H14N2O5S/c1-9-3-8-13(21-9)14(18)15-11-4-6-12(7-5-11)22(19,20)16-10(2)17/h3-8H,1-2H3,(H,15,18)(H,16,17). The van der Waals surface area contributed by atoms with Gasteiger partial charge in [0.1, 0.15) is 5.76 Å². The number of sulfonamides is 1. The van der Waals surface area contributed by atoms with Crippen LogP contribution in [0.4, 0.5) is 5.69 Å². The SMILES string of the molecule is CC(=O)NS(=O)(=O)c1ccc(NC(=O)c2ccc(C)o2)cc1. The lowest BCUT2D eigenvalue weighted by molar-refractivity contribution is -0.117. The van der Waals surface area contributed by atoms with E-state index in [2.05, 4.69) is 5.32 Å². The zero-order chi connectivity index (χ0) is 16.3. The highest BCUT2D eigenvalue weighted by molar-refractivity contribution is 7.90. The number of amides is 2. The molecule has 0 saturated carbocycles. The zero-order valence-corrected chi connectivity index (χ0v) is 12.7. The molecule has 0 aliphatic rings. The number of benzene rings is 1. The van der Waals surface area contributed by atoms with Crippen molar-refractivity contribution in [3.05, 3.63) is 47.9 Å². The molecule has 22 heavy (non-hydrogen) atoms. The first-order valence-electron chi connectivity index (χ1n) is 6.29. The van der Waals surface area contributed by atoms with Crippen molar-refractivity contribution in [3.8, 4) is 0 Å². The van der Waals surface area contributed by atoms with Crippen LogP contribution in [0.2, 0.25) is 0 Å². The van der Waals surface area contributed by atoms with Gasteiger partial charge in [-0.3, -0.25) is 9.59 Å². The number of hydrogen-bond donors (Lipinski definition) is 2. The average molecular weight is 322 g/mol. The Kier molecular flexibility index (Phi) is 4.32. The van der Waals surface area contributed by atoms with Gasteiger partial charge in [0, 0.05) is 12.6 Å². The lowest BCUT2D eigenvalue weighted by Gasteiger charge is -2.06. The van der Waals surface area contributed by atoms with E-state index in [4.69, 9.17) is 4.42 Å². The molecule has 8 heteroatoms. The highest BCUT2D eigenvalue weighted by atomic mass is 32.2. The van der Waals surface area contributed by atoms with Crippen LogP contribution in [0.25, 0.3) is 0 Å². The number of aryl methyl sites for hydroxylation is 1. The third-order valence-corrected chi connectivity index (χ3v) is 4.11. The van der Waals surface area contributed by atoms with Gasteiger partial charge in [-0.05, 0) is 43.3 Å². The molecule has 0 radical (unpaired) electrons. The Morgan fingerprint density at radius 3 is 2.18 bits per heavy atom. The summed E-state index contributed by atoms with van der Waals surface area (Å²) < 4.78 is 30.6. The van der Waals surface area contributed by atoms with Crippen LogP contribution in [0.1, 0.15) is 23.2 Å². The fourth-order valence-electron chi connectivity index (χ4n) is 1.71. The molecule has 1 aromatic heterocycles.